The van der Waals surface area contributed by atoms with Gasteiger partial charge in [0.05, 0.1) is 0 Å². The fraction of sp³-hybridized carbons (Fsp3) is 0.500. The first-order valence-electron chi connectivity index (χ1n) is 9.68. The second kappa shape index (κ2) is 10.6. The average Bonchev–Trinajstić information content (AvgIpc) is 2.67. The zero-order valence-corrected chi connectivity index (χ0v) is 16.4. The van der Waals surface area contributed by atoms with Crippen molar-refractivity contribution in [2.45, 2.75) is 57.5 Å². The van der Waals surface area contributed by atoms with Crippen LogP contribution in [0.1, 0.15) is 57.4 Å². The Morgan fingerprint density at radius 2 is 1.46 bits per heavy atom. The van der Waals surface area contributed by atoms with E-state index >= 15 is 0 Å². The monoisotopic (exact) mass is 388 g/mol. The summed E-state index contributed by atoms with van der Waals surface area (Å²) in [7, 11) is 0. The number of ether oxygens (including phenoxy) is 3. The lowest BCUT2D eigenvalue weighted by atomic mass is 9.81. The predicted octanol–water partition coefficient (Wildman–Crippen LogP) is 3.83. The van der Waals surface area contributed by atoms with E-state index in [0.717, 1.165) is 44.1 Å². The highest BCUT2D eigenvalue weighted by molar-refractivity contribution is 5.88. The molecular weight excluding hydrogens is 360 g/mol. The zero-order valence-electron chi connectivity index (χ0n) is 16.4. The molecule has 0 saturated heterocycles. The van der Waals surface area contributed by atoms with E-state index in [0.29, 0.717) is 0 Å². The summed E-state index contributed by atoms with van der Waals surface area (Å²) in [6, 6.07) is 9.73. The van der Waals surface area contributed by atoms with E-state index in [1.54, 1.807) is 0 Å². The molecule has 1 aliphatic rings. The number of carbonyl (C=O) groups excluding carboxylic acids is 3. The molecule has 0 spiro atoms. The molecule has 6 nitrogen and oxygen atoms in total. The molecule has 6 heteroatoms. The number of hydrogen-bond donors (Lipinski definition) is 0. The van der Waals surface area contributed by atoms with E-state index < -0.39 is 36.7 Å². The van der Waals surface area contributed by atoms with Crippen molar-refractivity contribution in [3.05, 3.63) is 48.0 Å². The van der Waals surface area contributed by atoms with Crippen LogP contribution in [0.2, 0.25) is 0 Å². The van der Waals surface area contributed by atoms with E-state index in [1.807, 2.05) is 30.3 Å². The average molecular weight is 388 g/mol. The first kappa shape index (κ1) is 21.7. The van der Waals surface area contributed by atoms with Crippen molar-refractivity contribution in [3.63, 3.8) is 0 Å². The molecule has 0 atom stereocenters. The zero-order chi connectivity index (χ0) is 20.4. The molecule has 2 rings (SSSR count). The van der Waals surface area contributed by atoms with E-state index in [9.17, 15) is 14.4 Å². The molecule has 152 valence electrons. The van der Waals surface area contributed by atoms with Crippen LogP contribution in [0.4, 0.5) is 0 Å². The van der Waals surface area contributed by atoms with Crippen molar-refractivity contribution in [2.75, 3.05) is 13.2 Å². The van der Waals surface area contributed by atoms with Gasteiger partial charge in [0.15, 0.2) is 13.2 Å². The molecule has 0 amide bonds. The molecule has 0 N–H and O–H groups in total. The van der Waals surface area contributed by atoms with Gasteiger partial charge in [-0.2, -0.15) is 0 Å². The van der Waals surface area contributed by atoms with Crippen molar-refractivity contribution in [1.29, 1.82) is 0 Å². The van der Waals surface area contributed by atoms with E-state index in [-0.39, 0.29) is 5.57 Å². The maximum absolute atomic E-state index is 12.4. The van der Waals surface area contributed by atoms with Crippen molar-refractivity contribution in [1.82, 2.24) is 0 Å². The third-order valence-corrected chi connectivity index (χ3v) is 4.79. The molecule has 1 fully saturated rings. The Bertz CT molecular complexity index is 686. The molecule has 0 bridgehead atoms. The summed E-state index contributed by atoms with van der Waals surface area (Å²) in [6.07, 6.45) is 6.83. The highest BCUT2D eigenvalue weighted by Gasteiger charge is 2.36. The van der Waals surface area contributed by atoms with Crippen LogP contribution in [0.5, 0.6) is 0 Å². The molecular formula is C22H28O6. The summed E-state index contributed by atoms with van der Waals surface area (Å²) < 4.78 is 15.5. The van der Waals surface area contributed by atoms with Gasteiger partial charge in [0, 0.05) is 5.57 Å². The lowest BCUT2D eigenvalue weighted by Gasteiger charge is -2.35. The van der Waals surface area contributed by atoms with Crippen molar-refractivity contribution in [3.8, 4) is 0 Å². The van der Waals surface area contributed by atoms with E-state index in [2.05, 4.69) is 6.58 Å². The van der Waals surface area contributed by atoms with Gasteiger partial charge in [-0.25, -0.2) is 14.4 Å². The van der Waals surface area contributed by atoms with E-state index in [4.69, 9.17) is 14.2 Å². The maximum atomic E-state index is 12.4. The molecule has 0 heterocycles. The lowest BCUT2D eigenvalue weighted by Crippen LogP contribution is -2.35. The predicted molar refractivity (Wildman–Crippen MR) is 103 cm³/mol. The van der Waals surface area contributed by atoms with Crippen LogP contribution in [0.15, 0.2) is 42.5 Å². The van der Waals surface area contributed by atoms with Crippen molar-refractivity contribution in [2.24, 2.45) is 0 Å². The second-order valence-corrected chi connectivity index (χ2v) is 7.12. The normalized spacial score (nSPS) is 16.2. The first-order valence-corrected chi connectivity index (χ1v) is 9.68. The molecule has 28 heavy (non-hydrogen) atoms. The Hall–Kier alpha value is -2.63. The van der Waals surface area contributed by atoms with Crippen LogP contribution >= 0.6 is 0 Å². The number of carbonyl (C=O) groups is 3. The Morgan fingerprint density at radius 1 is 0.893 bits per heavy atom. The SMILES string of the molecule is C=C(C)C(=O)OCC(=O)OCC(=O)OC1(c2ccccc2)CCCCCCC1. The Labute approximate surface area is 165 Å². The minimum Gasteiger partial charge on any atom is -0.452 e. The molecule has 1 aliphatic carbocycles. The Morgan fingerprint density at radius 3 is 2.07 bits per heavy atom. The van der Waals surface area contributed by atoms with Crippen LogP contribution in [0.25, 0.3) is 0 Å². The van der Waals surface area contributed by atoms with E-state index in [1.165, 1.54) is 13.3 Å². The largest absolute Gasteiger partial charge is 0.452 e. The summed E-state index contributed by atoms with van der Waals surface area (Å²) in [5.74, 6) is -2.10. The van der Waals surface area contributed by atoms with Gasteiger partial charge >= 0.3 is 17.9 Å². The van der Waals surface area contributed by atoms with Gasteiger partial charge in [0.25, 0.3) is 0 Å². The van der Waals surface area contributed by atoms with Gasteiger partial charge in [-0.15, -0.1) is 0 Å². The molecule has 0 aliphatic heterocycles. The highest BCUT2D eigenvalue weighted by atomic mass is 16.6. The summed E-state index contributed by atoms with van der Waals surface area (Å²) in [5.41, 5.74) is 0.450. The van der Waals surface area contributed by atoms with Crippen LogP contribution in [0.3, 0.4) is 0 Å². The van der Waals surface area contributed by atoms with Crippen molar-refractivity contribution >= 4 is 17.9 Å². The smallest absolute Gasteiger partial charge is 0.345 e. The highest BCUT2D eigenvalue weighted by Crippen LogP contribution is 2.38. The molecule has 0 unspecified atom stereocenters. The van der Waals surface area contributed by atoms with Crippen LogP contribution < -0.4 is 0 Å². The van der Waals surface area contributed by atoms with Crippen LogP contribution in [-0.4, -0.2) is 31.1 Å². The summed E-state index contributed by atoms with van der Waals surface area (Å²) >= 11 is 0. The number of esters is 3. The van der Waals surface area contributed by atoms with Gasteiger partial charge in [-0.05, 0) is 38.2 Å². The second-order valence-electron chi connectivity index (χ2n) is 7.12. The molecule has 0 radical (unpaired) electrons. The quantitative estimate of drug-likeness (QED) is 0.401. The molecule has 0 aromatic heterocycles. The Balaban J connectivity index is 1.96. The lowest BCUT2D eigenvalue weighted by molar-refractivity contribution is -0.175. The van der Waals surface area contributed by atoms with Gasteiger partial charge in [-0.1, -0.05) is 56.2 Å². The topological polar surface area (TPSA) is 78.9 Å². The minimum absolute atomic E-state index is 0.182. The van der Waals surface area contributed by atoms with Crippen LogP contribution in [-0.2, 0) is 34.2 Å². The fourth-order valence-corrected chi connectivity index (χ4v) is 3.34. The number of hydrogen-bond acceptors (Lipinski definition) is 6. The first-order chi connectivity index (χ1) is 13.4. The summed E-state index contributed by atoms with van der Waals surface area (Å²) in [4.78, 5) is 35.4. The third-order valence-electron chi connectivity index (χ3n) is 4.79. The van der Waals surface area contributed by atoms with Gasteiger partial charge in [0.1, 0.15) is 5.60 Å². The number of benzene rings is 1. The number of rotatable bonds is 7. The standard InChI is InChI=1S/C22H28O6/c1-17(2)21(25)27-15-19(23)26-16-20(24)28-22(18-11-7-6-8-12-18)13-9-4-3-5-10-14-22/h6-8,11-12H,1,3-5,9-10,13-16H2,2H3. The molecule has 1 aromatic carbocycles. The van der Waals surface area contributed by atoms with Crippen molar-refractivity contribution < 1.29 is 28.6 Å². The third kappa shape index (κ3) is 6.51. The Kier molecular flexibility index (Phi) is 8.23. The molecule has 1 saturated carbocycles. The minimum atomic E-state index is -0.807. The van der Waals surface area contributed by atoms with Gasteiger partial charge in [-0.3, -0.25) is 0 Å². The fourth-order valence-electron chi connectivity index (χ4n) is 3.34. The maximum Gasteiger partial charge on any atom is 0.345 e. The molecule has 1 aromatic rings. The summed E-state index contributed by atoms with van der Waals surface area (Å²) in [6.45, 7) is 3.81. The van der Waals surface area contributed by atoms with Gasteiger partial charge < -0.3 is 14.2 Å². The summed E-state index contributed by atoms with van der Waals surface area (Å²) in [5, 5.41) is 0. The van der Waals surface area contributed by atoms with Crippen LogP contribution in [0, 0.1) is 0 Å². The van der Waals surface area contributed by atoms with Gasteiger partial charge in [0.2, 0.25) is 0 Å².